The molecule has 0 amide bonds. The molecule has 0 aliphatic heterocycles. The fraction of sp³-hybridized carbons (Fsp3) is 0.286. The zero-order chi connectivity index (χ0) is 16.3. The third-order valence-corrected chi connectivity index (χ3v) is 4.86. The SMILES string of the molecule is O=c1[nH]c2ccc(S(=O)(=O)NCCCCn3ccnc3)cc2o1. The number of benzene rings is 1. The first kappa shape index (κ1) is 15.5. The minimum absolute atomic E-state index is 0.0716. The first-order chi connectivity index (χ1) is 11.0. The number of nitrogens with zero attached hydrogens (tertiary/aromatic N) is 2. The highest BCUT2D eigenvalue weighted by Crippen LogP contribution is 2.16. The van der Waals surface area contributed by atoms with Crippen LogP contribution in [-0.4, -0.2) is 29.5 Å². The summed E-state index contributed by atoms with van der Waals surface area (Å²) < 4.78 is 33.8. The highest BCUT2D eigenvalue weighted by molar-refractivity contribution is 7.89. The molecule has 0 saturated carbocycles. The molecule has 9 heteroatoms. The normalized spacial score (nSPS) is 12.0. The Morgan fingerprint density at radius 3 is 2.96 bits per heavy atom. The van der Waals surface area contributed by atoms with Crippen LogP contribution in [0.5, 0.6) is 0 Å². The predicted molar refractivity (Wildman–Crippen MR) is 83.5 cm³/mol. The molecule has 23 heavy (non-hydrogen) atoms. The van der Waals surface area contributed by atoms with Crippen molar-refractivity contribution in [2.75, 3.05) is 6.54 Å². The van der Waals surface area contributed by atoms with Gasteiger partial charge in [-0.1, -0.05) is 0 Å². The largest absolute Gasteiger partial charge is 0.417 e. The van der Waals surface area contributed by atoms with Crippen molar-refractivity contribution in [1.29, 1.82) is 0 Å². The Hall–Kier alpha value is -2.39. The maximum absolute atomic E-state index is 12.2. The fourth-order valence-electron chi connectivity index (χ4n) is 2.22. The van der Waals surface area contributed by atoms with Crippen LogP contribution in [-0.2, 0) is 16.6 Å². The van der Waals surface area contributed by atoms with Crippen LogP contribution in [0.15, 0.2) is 51.0 Å². The van der Waals surface area contributed by atoms with Crippen LogP contribution < -0.4 is 10.5 Å². The monoisotopic (exact) mass is 336 g/mol. The lowest BCUT2D eigenvalue weighted by atomic mass is 10.3. The van der Waals surface area contributed by atoms with E-state index in [-0.39, 0.29) is 10.5 Å². The zero-order valence-corrected chi connectivity index (χ0v) is 13.0. The van der Waals surface area contributed by atoms with Crippen LogP contribution in [0.1, 0.15) is 12.8 Å². The molecule has 3 aromatic rings. The van der Waals surface area contributed by atoms with Gasteiger partial charge in [0, 0.05) is 31.5 Å². The molecule has 0 unspecified atom stereocenters. The Morgan fingerprint density at radius 2 is 2.17 bits per heavy atom. The van der Waals surface area contributed by atoms with Crippen LogP contribution in [0.3, 0.4) is 0 Å². The molecule has 2 aromatic heterocycles. The summed E-state index contributed by atoms with van der Waals surface area (Å²) in [5.41, 5.74) is 0.687. The van der Waals surface area contributed by atoms with Gasteiger partial charge in [-0.25, -0.2) is 22.9 Å². The van der Waals surface area contributed by atoms with Crippen LogP contribution in [0.2, 0.25) is 0 Å². The van der Waals surface area contributed by atoms with Crippen molar-refractivity contribution in [3.8, 4) is 0 Å². The van der Waals surface area contributed by atoms with E-state index in [0.717, 1.165) is 13.0 Å². The molecule has 3 rings (SSSR count). The second kappa shape index (κ2) is 6.39. The first-order valence-corrected chi connectivity index (χ1v) is 8.61. The molecule has 0 bridgehead atoms. The number of unbranched alkanes of at least 4 members (excludes halogenated alkanes) is 1. The molecule has 0 aliphatic carbocycles. The van der Waals surface area contributed by atoms with Gasteiger partial charge in [-0.05, 0) is 25.0 Å². The van der Waals surface area contributed by atoms with E-state index in [4.69, 9.17) is 4.42 Å². The molecule has 0 atom stereocenters. The number of H-pyrrole nitrogens is 1. The van der Waals surface area contributed by atoms with Gasteiger partial charge in [-0.3, -0.25) is 4.98 Å². The van der Waals surface area contributed by atoms with Crippen LogP contribution >= 0.6 is 0 Å². The molecule has 0 fully saturated rings. The molecular formula is C14H16N4O4S. The van der Waals surface area contributed by atoms with Gasteiger partial charge in [0.2, 0.25) is 10.0 Å². The van der Waals surface area contributed by atoms with Gasteiger partial charge in [0.25, 0.3) is 0 Å². The lowest BCUT2D eigenvalue weighted by Gasteiger charge is -2.07. The maximum atomic E-state index is 12.2. The van der Waals surface area contributed by atoms with E-state index in [1.807, 2.05) is 10.8 Å². The van der Waals surface area contributed by atoms with E-state index < -0.39 is 15.8 Å². The number of imidazole rings is 1. The lowest BCUT2D eigenvalue weighted by Crippen LogP contribution is -2.24. The van der Waals surface area contributed by atoms with E-state index in [0.29, 0.717) is 18.5 Å². The quantitative estimate of drug-likeness (QED) is 0.627. The number of rotatable bonds is 7. The number of sulfonamides is 1. The minimum Gasteiger partial charge on any atom is -0.408 e. The molecule has 1 aromatic carbocycles. The summed E-state index contributed by atoms with van der Waals surface area (Å²) in [6.45, 7) is 1.13. The van der Waals surface area contributed by atoms with E-state index >= 15 is 0 Å². The summed E-state index contributed by atoms with van der Waals surface area (Å²) in [6.07, 6.45) is 6.84. The van der Waals surface area contributed by atoms with Gasteiger partial charge in [0.05, 0.1) is 16.7 Å². The van der Waals surface area contributed by atoms with Crippen molar-refractivity contribution < 1.29 is 12.8 Å². The van der Waals surface area contributed by atoms with Crippen LogP contribution in [0.4, 0.5) is 0 Å². The molecule has 0 radical (unpaired) electrons. The van der Waals surface area contributed by atoms with E-state index in [9.17, 15) is 13.2 Å². The van der Waals surface area contributed by atoms with Crippen molar-refractivity contribution in [3.05, 3.63) is 47.5 Å². The van der Waals surface area contributed by atoms with E-state index in [1.165, 1.54) is 18.2 Å². The Morgan fingerprint density at radius 1 is 1.30 bits per heavy atom. The van der Waals surface area contributed by atoms with Gasteiger partial charge < -0.3 is 8.98 Å². The minimum atomic E-state index is -3.62. The van der Waals surface area contributed by atoms with Gasteiger partial charge >= 0.3 is 5.76 Å². The summed E-state index contributed by atoms with van der Waals surface area (Å²) in [7, 11) is -3.62. The van der Waals surface area contributed by atoms with Gasteiger partial charge in [-0.15, -0.1) is 0 Å². The molecule has 2 heterocycles. The molecule has 0 spiro atoms. The highest BCUT2D eigenvalue weighted by atomic mass is 32.2. The standard InChI is InChI=1S/C14H16N4O4S/c19-14-17-12-4-3-11(9-13(12)22-14)23(20,21)16-5-1-2-7-18-8-6-15-10-18/h3-4,6,8-10,16H,1-2,5,7H2,(H,17,19). The second-order valence-corrected chi connectivity index (χ2v) is 6.84. The van der Waals surface area contributed by atoms with Crippen molar-refractivity contribution in [1.82, 2.24) is 19.3 Å². The van der Waals surface area contributed by atoms with Crippen LogP contribution in [0, 0.1) is 0 Å². The second-order valence-electron chi connectivity index (χ2n) is 5.08. The summed E-state index contributed by atoms with van der Waals surface area (Å²) in [5, 5.41) is 0. The first-order valence-electron chi connectivity index (χ1n) is 7.13. The Labute approximate surface area is 132 Å². The Balaban J connectivity index is 1.58. The number of nitrogens with one attached hydrogen (secondary N) is 2. The number of oxazole rings is 1. The van der Waals surface area contributed by atoms with Crippen molar-refractivity contribution >= 4 is 21.1 Å². The Bertz CT molecular complexity index is 941. The number of hydrogen-bond acceptors (Lipinski definition) is 5. The summed E-state index contributed by atoms with van der Waals surface area (Å²) >= 11 is 0. The maximum Gasteiger partial charge on any atom is 0.417 e. The summed E-state index contributed by atoms with van der Waals surface area (Å²) in [4.78, 5) is 17.6. The van der Waals surface area contributed by atoms with E-state index in [2.05, 4.69) is 14.7 Å². The number of fused-ring (bicyclic) bond motifs is 1. The van der Waals surface area contributed by atoms with E-state index in [1.54, 1.807) is 12.5 Å². The van der Waals surface area contributed by atoms with Crippen LogP contribution in [0.25, 0.3) is 11.1 Å². The molecule has 0 saturated heterocycles. The van der Waals surface area contributed by atoms with Gasteiger partial charge in [0.1, 0.15) is 0 Å². The summed E-state index contributed by atoms with van der Waals surface area (Å²) in [5.74, 6) is -0.609. The summed E-state index contributed by atoms with van der Waals surface area (Å²) in [6, 6.07) is 4.27. The third kappa shape index (κ3) is 3.69. The van der Waals surface area contributed by atoms with Crippen molar-refractivity contribution in [3.63, 3.8) is 0 Å². The fourth-order valence-corrected chi connectivity index (χ4v) is 3.31. The van der Waals surface area contributed by atoms with Gasteiger partial charge in [0.15, 0.2) is 5.58 Å². The highest BCUT2D eigenvalue weighted by Gasteiger charge is 2.15. The molecule has 0 aliphatic rings. The smallest absolute Gasteiger partial charge is 0.408 e. The number of hydrogen-bond donors (Lipinski definition) is 2. The molecule has 122 valence electrons. The lowest BCUT2D eigenvalue weighted by molar-refractivity contribution is 0.552. The topological polar surface area (TPSA) is 110 Å². The Kier molecular flexibility index (Phi) is 4.30. The number of aromatic amines is 1. The number of aromatic nitrogens is 3. The number of aryl methyl sites for hydroxylation is 1. The average Bonchev–Trinajstić information content (AvgIpc) is 3.13. The van der Waals surface area contributed by atoms with Gasteiger partial charge in [-0.2, -0.15) is 0 Å². The predicted octanol–water partition coefficient (Wildman–Crippen LogP) is 1.08. The molecule has 2 N–H and O–H groups in total. The van der Waals surface area contributed by atoms with Crippen molar-refractivity contribution in [2.24, 2.45) is 0 Å². The molecule has 8 nitrogen and oxygen atoms in total. The molecular weight excluding hydrogens is 320 g/mol. The van der Waals surface area contributed by atoms with Crippen molar-refractivity contribution in [2.45, 2.75) is 24.3 Å². The zero-order valence-electron chi connectivity index (χ0n) is 12.2. The average molecular weight is 336 g/mol. The third-order valence-electron chi connectivity index (χ3n) is 3.40.